The molecular formula is H8InKO2. The fourth-order valence-corrected chi connectivity index (χ4v) is 0. The maximum Gasteiger partial charge on any atom is 1.00 e. The predicted octanol–water partition coefficient (Wildman–Crippen LogP) is -5.72. The Hall–Kier alpha value is 2.43. The van der Waals surface area contributed by atoms with Gasteiger partial charge in [-0.1, -0.05) is 0 Å². The minimum Gasteiger partial charge on any atom is 1.00 e. The maximum absolute atomic E-state index is 0. The largest absolute Gasteiger partial charge is 1.00 e. The summed E-state index contributed by atoms with van der Waals surface area (Å²) < 4.78 is 0. The van der Waals surface area contributed by atoms with Gasteiger partial charge in [-0.15, -0.1) is 0 Å². The van der Waals surface area contributed by atoms with Crippen molar-refractivity contribution in [1.82, 2.24) is 0 Å². The third-order valence-corrected chi connectivity index (χ3v) is 0. The second-order valence-electron chi connectivity index (χ2n) is 0. The molecule has 0 bridgehead atoms. The number of rotatable bonds is 0. The zero-order valence-corrected chi connectivity index (χ0v) is 5.12. The van der Waals surface area contributed by atoms with Gasteiger partial charge in [0, 0.05) is 0 Å². The van der Waals surface area contributed by atoms with Crippen LogP contribution in [0, 0.1) is 0 Å². The summed E-state index contributed by atoms with van der Waals surface area (Å²) in [6, 6.07) is 0. The van der Waals surface area contributed by atoms with Crippen LogP contribution in [0.15, 0.2) is 0 Å². The van der Waals surface area contributed by atoms with E-state index in [-0.39, 0.29) is 89.6 Å². The molecule has 0 fully saturated rings. The summed E-state index contributed by atoms with van der Waals surface area (Å²) in [6.07, 6.45) is 0. The molecule has 24 valence electrons. The molecule has 0 spiro atoms. The quantitative estimate of drug-likeness (QED) is 0.345. The van der Waals surface area contributed by atoms with Gasteiger partial charge in [-0.05, 0) is 0 Å². The molecule has 0 amide bonds. The van der Waals surface area contributed by atoms with E-state index in [1.54, 1.807) is 0 Å². The van der Waals surface area contributed by atoms with E-state index in [1.165, 1.54) is 0 Å². The molecule has 2 nitrogen and oxygen atoms in total. The van der Waals surface area contributed by atoms with E-state index in [0.717, 1.165) is 0 Å². The summed E-state index contributed by atoms with van der Waals surface area (Å²) in [5.74, 6) is 0. The maximum atomic E-state index is 0. The first-order chi connectivity index (χ1) is 0. The van der Waals surface area contributed by atoms with E-state index in [1.807, 2.05) is 0 Å². The van der Waals surface area contributed by atoms with E-state index in [0.29, 0.717) is 0 Å². The Labute approximate surface area is 87.6 Å². The first-order valence-corrected chi connectivity index (χ1v) is 0. The first kappa shape index (κ1) is 32.1. The fourth-order valence-electron chi connectivity index (χ4n) is 0. The molecule has 0 rings (SSSR count). The second-order valence-corrected chi connectivity index (χ2v) is 0. The summed E-state index contributed by atoms with van der Waals surface area (Å²) >= 11 is 0. The van der Waals surface area contributed by atoms with Gasteiger partial charge < -0.3 is 12.4 Å². The third-order valence-electron chi connectivity index (χ3n) is 0. The van der Waals surface area contributed by atoms with Gasteiger partial charge in [-0.3, -0.25) is 0 Å². The zero-order valence-electron chi connectivity index (χ0n) is 3.00. The molecule has 0 aromatic heterocycles. The first-order valence-electron chi connectivity index (χ1n) is 0. The van der Waals surface area contributed by atoms with Crippen LogP contribution in [-0.2, 0) is 0 Å². The standard InChI is InChI=1S/In.K.2H2O.4H/h;;2*1H2;;;;/q;+1;;;;;;-1. The van der Waals surface area contributed by atoms with Gasteiger partial charge in [-0.25, -0.2) is 0 Å². The molecule has 0 aliphatic heterocycles. The molecule has 4 N–H and O–H groups in total. The Bertz CT molecular complexity index is 9.61. The molecule has 0 radical (unpaired) electrons. The van der Waals surface area contributed by atoms with Gasteiger partial charge in [0.15, 0.2) is 0 Å². The van der Waals surface area contributed by atoms with Crippen molar-refractivity contribution in [3.8, 4) is 0 Å². The Kier molecular flexibility index (Phi) is 145. The minimum atomic E-state index is 0. The number of hydrogen-bond acceptors (Lipinski definition) is 0. The summed E-state index contributed by atoms with van der Waals surface area (Å²) in [5, 5.41) is 0. The van der Waals surface area contributed by atoms with Gasteiger partial charge in [-0.2, -0.15) is 0 Å². The average Bonchev–Trinajstić information content (AvgIpc) is 0. The zero-order chi connectivity index (χ0) is 0. The number of hydrogen-bond donors (Lipinski definition) is 0. The smallest absolute Gasteiger partial charge is 1.00 e. The molecule has 0 heterocycles. The van der Waals surface area contributed by atoms with E-state index in [9.17, 15) is 0 Å². The van der Waals surface area contributed by atoms with Crippen LogP contribution in [0.3, 0.4) is 0 Å². The van der Waals surface area contributed by atoms with Crippen molar-refractivity contribution in [2.24, 2.45) is 0 Å². The van der Waals surface area contributed by atoms with Crippen LogP contribution in [0.4, 0.5) is 0 Å². The van der Waals surface area contributed by atoms with E-state index in [2.05, 4.69) is 0 Å². The van der Waals surface area contributed by atoms with Crippen LogP contribution < -0.4 is 51.4 Å². The molecular weight excluding hydrogens is 186 g/mol. The summed E-state index contributed by atoms with van der Waals surface area (Å²) in [6.45, 7) is 0. The second kappa shape index (κ2) is 18.1. The van der Waals surface area contributed by atoms with E-state index < -0.39 is 0 Å². The van der Waals surface area contributed by atoms with E-state index in [4.69, 9.17) is 0 Å². The third kappa shape index (κ3) is 8.83. The molecule has 0 saturated carbocycles. The Morgan fingerprint density at radius 2 is 1.00 bits per heavy atom. The summed E-state index contributed by atoms with van der Waals surface area (Å²) in [4.78, 5) is 0. The molecule has 4 heteroatoms. The van der Waals surface area contributed by atoms with Crippen molar-refractivity contribution in [3.05, 3.63) is 0 Å². The van der Waals surface area contributed by atoms with Gasteiger partial charge >= 0.3 is 77.2 Å². The van der Waals surface area contributed by atoms with Crippen molar-refractivity contribution in [2.75, 3.05) is 0 Å². The summed E-state index contributed by atoms with van der Waals surface area (Å²) in [5.41, 5.74) is 0. The van der Waals surface area contributed by atoms with Crippen LogP contribution in [-0.4, -0.2) is 36.8 Å². The van der Waals surface area contributed by atoms with Gasteiger partial charge in [0.2, 0.25) is 0 Å². The Morgan fingerprint density at radius 3 is 1.00 bits per heavy atom. The van der Waals surface area contributed by atoms with Crippen LogP contribution in [0.1, 0.15) is 1.43 Å². The Balaban J connectivity index is 0. The topological polar surface area (TPSA) is 63.0 Å². The molecule has 0 aliphatic carbocycles. The monoisotopic (exact) mass is 194 g/mol. The van der Waals surface area contributed by atoms with Gasteiger partial charge in [0.25, 0.3) is 0 Å². The SMILES string of the molecule is O.O.[H-].[InH3].[K+]. The van der Waals surface area contributed by atoms with Crippen molar-refractivity contribution in [2.45, 2.75) is 0 Å². The van der Waals surface area contributed by atoms with Gasteiger partial charge in [0.1, 0.15) is 0 Å². The predicted molar refractivity (Wildman–Crippen MR) is 18.3 cm³/mol. The van der Waals surface area contributed by atoms with Crippen LogP contribution in [0.5, 0.6) is 0 Å². The average molecular weight is 194 g/mol. The minimum absolute atomic E-state index is 0. The molecule has 0 aromatic rings. The molecule has 0 unspecified atom stereocenters. The molecule has 4 heavy (non-hydrogen) atoms. The molecule has 0 saturated heterocycles. The van der Waals surface area contributed by atoms with Crippen molar-refractivity contribution >= 4 is 25.8 Å². The fraction of sp³-hybridized carbons (Fsp3) is 0. The summed E-state index contributed by atoms with van der Waals surface area (Å²) in [7, 11) is 0. The van der Waals surface area contributed by atoms with Crippen LogP contribution >= 0.6 is 0 Å². The Morgan fingerprint density at radius 1 is 1.00 bits per heavy atom. The molecule has 0 atom stereocenters. The van der Waals surface area contributed by atoms with Crippen LogP contribution in [0.2, 0.25) is 0 Å². The van der Waals surface area contributed by atoms with E-state index >= 15 is 0 Å². The van der Waals surface area contributed by atoms with Crippen molar-refractivity contribution < 1.29 is 63.8 Å². The normalized spacial score (nSPS) is 0. The molecule has 0 aliphatic rings. The van der Waals surface area contributed by atoms with Crippen molar-refractivity contribution in [3.63, 3.8) is 0 Å². The van der Waals surface area contributed by atoms with Gasteiger partial charge in [0.05, 0.1) is 0 Å². The van der Waals surface area contributed by atoms with Crippen LogP contribution in [0.25, 0.3) is 0 Å². The van der Waals surface area contributed by atoms with Crippen molar-refractivity contribution in [1.29, 1.82) is 0 Å². The molecule has 0 aromatic carbocycles.